The lowest BCUT2D eigenvalue weighted by Crippen LogP contribution is -2.48. The number of nitrogens with one attached hydrogen (secondary N) is 1. The summed E-state index contributed by atoms with van der Waals surface area (Å²) in [4.78, 5) is 15.9. The topological polar surface area (TPSA) is 65.0 Å². The Morgan fingerprint density at radius 2 is 2.18 bits per heavy atom. The SMILES string of the molecule is CCN(C(=O)Nc1ccc(Cl)c(N(C)C)c1)[C@@H]1COC[C@H]1O. The van der Waals surface area contributed by atoms with Crippen LogP contribution in [0, 0.1) is 0 Å². The van der Waals surface area contributed by atoms with Gasteiger partial charge in [0.15, 0.2) is 0 Å². The first-order valence-electron chi connectivity index (χ1n) is 7.24. The summed E-state index contributed by atoms with van der Waals surface area (Å²) in [5.41, 5.74) is 1.48. The number of benzene rings is 1. The minimum atomic E-state index is -0.645. The van der Waals surface area contributed by atoms with Gasteiger partial charge in [-0.1, -0.05) is 11.6 Å². The molecular weight excluding hydrogens is 306 g/mol. The standard InChI is InChI=1S/C15H22ClN3O3/c1-4-19(13-8-22-9-14(13)20)15(21)17-10-5-6-11(16)12(7-10)18(2)3/h5-7,13-14,20H,4,8-9H2,1-3H3,(H,17,21)/t13-,14-/m1/s1. The van der Waals surface area contributed by atoms with E-state index in [0.717, 1.165) is 5.69 Å². The van der Waals surface area contributed by atoms with E-state index in [1.54, 1.807) is 17.0 Å². The van der Waals surface area contributed by atoms with Crippen molar-refractivity contribution in [2.75, 3.05) is 44.1 Å². The molecule has 0 bridgehead atoms. The van der Waals surface area contributed by atoms with Crippen LogP contribution in [0.15, 0.2) is 18.2 Å². The number of amides is 2. The summed E-state index contributed by atoms with van der Waals surface area (Å²) < 4.78 is 5.22. The van der Waals surface area contributed by atoms with Gasteiger partial charge in [0.05, 0.1) is 36.1 Å². The molecule has 0 aliphatic carbocycles. The fourth-order valence-electron chi connectivity index (χ4n) is 2.49. The van der Waals surface area contributed by atoms with Gasteiger partial charge in [-0.2, -0.15) is 0 Å². The number of rotatable bonds is 4. The molecule has 1 fully saturated rings. The summed E-state index contributed by atoms with van der Waals surface area (Å²) in [6.45, 7) is 2.98. The molecule has 0 spiro atoms. The van der Waals surface area contributed by atoms with E-state index in [2.05, 4.69) is 5.32 Å². The number of nitrogens with zero attached hydrogens (tertiary/aromatic N) is 2. The minimum Gasteiger partial charge on any atom is -0.388 e. The number of aliphatic hydroxyl groups excluding tert-OH is 1. The van der Waals surface area contributed by atoms with Crippen LogP contribution in [0.3, 0.4) is 0 Å². The first kappa shape index (κ1) is 16.9. The Morgan fingerprint density at radius 3 is 2.73 bits per heavy atom. The monoisotopic (exact) mass is 327 g/mol. The van der Waals surface area contributed by atoms with Crippen molar-refractivity contribution in [3.8, 4) is 0 Å². The van der Waals surface area contributed by atoms with Gasteiger partial charge in [-0.05, 0) is 25.1 Å². The number of aliphatic hydroxyl groups is 1. The third-order valence-corrected chi connectivity index (χ3v) is 4.02. The van der Waals surface area contributed by atoms with Gasteiger partial charge < -0.3 is 25.0 Å². The number of halogens is 1. The third kappa shape index (κ3) is 3.63. The van der Waals surface area contributed by atoms with E-state index in [1.807, 2.05) is 32.0 Å². The largest absolute Gasteiger partial charge is 0.388 e. The normalized spacial score (nSPS) is 20.8. The Kier molecular flexibility index (Phi) is 5.50. The van der Waals surface area contributed by atoms with E-state index in [1.165, 1.54) is 0 Å². The second-order valence-corrected chi connectivity index (χ2v) is 5.86. The maximum absolute atomic E-state index is 12.4. The van der Waals surface area contributed by atoms with E-state index in [9.17, 15) is 9.90 Å². The smallest absolute Gasteiger partial charge is 0.322 e. The van der Waals surface area contributed by atoms with Crippen LogP contribution < -0.4 is 10.2 Å². The number of urea groups is 1. The molecule has 1 aromatic rings. The van der Waals surface area contributed by atoms with E-state index in [4.69, 9.17) is 16.3 Å². The van der Waals surface area contributed by atoms with E-state index >= 15 is 0 Å². The maximum atomic E-state index is 12.4. The van der Waals surface area contributed by atoms with Crippen LogP contribution in [-0.4, -0.2) is 62.0 Å². The van der Waals surface area contributed by atoms with Gasteiger partial charge >= 0.3 is 6.03 Å². The predicted molar refractivity (Wildman–Crippen MR) is 87.8 cm³/mol. The van der Waals surface area contributed by atoms with Crippen LogP contribution >= 0.6 is 11.6 Å². The molecule has 1 saturated heterocycles. The Hall–Kier alpha value is -1.50. The van der Waals surface area contributed by atoms with Gasteiger partial charge in [0, 0.05) is 26.3 Å². The van der Waals surface area contributed by atoms with Crippen LogP contribution in [0.5, 0.6) is 0 Å². The van der Waals surface area contributed by atoms with Crippen molar-refractivity contribution in [2.24, 2.45) is 0 Å². The molecule has 1 heterocycles. The van der Waals surface area contributed by atoms with Crippen LogP contribution in [-0.2, 0) is 4.74 Å². The highest BCUT2D eigenvalue weighted by Gasteiger charge is 2.33. The van der Waals surface area contributed by atoms with Crippen molar-refractivity contribution < 1.29 is 14.6 Å². The van der Waals surface area contributed by atoms with Gasteiger partial charge in [-0.3, -0.25) is 0 Å². The van der Waals surface area contributed by atoms with Crippen LogP contribution in [0.4, 0.5) is 16.2 Å². The zero-order valence-corrected chi connectivity index (χ0v) is 13.8. The van der Waals surface area contributed by atoms with Crippen LogP contribution in [0.2, 0.25) is 5.02 Å². The van der Waals surface area contributed by atoms with Gasteiger partial charge in [-0.15, -0.1) is 0 Å². The Bertz CT molecular complexity index is 539. The van der Waals surface area contributed by atoms with Crippen LogP contribution in [0.25, 0.3) is 0 Å². The summed E-state index contributed by atoms with van der Waals surface area (Å²) in [6.07, 6.45) is -0.645. The number of hydrogen-bond donors (Lipinski definition) is 2. The lowest BCUT2D eigenvalue weighted by molar-refractivity contribution is 0.1000. The molecule has 0 aromatic heterocycles. The van der Waals surface area contributed by atoms with Crippen molar-refractivity contribution in [3.05, 3.63) is 23.2 Å². The van der Waals surface area contributed by atoms with E-state index in [-0.39, 0.29) is 18.7 Å². The van der Waals surface area contributed by atoms with E-state index < -0.39 is 6.10 Å². The van der Waals surface area contributed by atoms with Gasteiger partial charge in [-0.25, -0.2) is 4.79 Å². The number of carbonyl (C=O) groups excluding carboxylic acids is 1. The second-order valence-electron chi connectivity index (χ2n) is 5.45. The lowest BCUT2D eigenvalue weighted by atomic mass is 10.2. The maximum Gasteiger partial charge on any atom is 0.322 e. The summed E-state index contributed by atoms with van der Waals surface area (Å²) in [7, 11) is 3.77. The number of anilines is 2. The molecule has 2 amide bonds. The van der Waals surface area contributed by atoms with Crippen molar-refractivity contribution in [2.45, 2.75) is 19.1 Å². The molecular formula is C15H22ClN3O3. The Morgan fingerprint density at radius 1 is 1.45 bits per heavy atom. The molecule has 0 radical (unpaired) electrons. The fourth-order valence-corrected chi connectivity index (χ4v) is 2.77. The molecule has 0 saturated carbocycles. The highest BCUT2D eigenvalue weighted by Crippen LogP contribution is 2.28. The summed E-state index contributed by atoms with van der Waals surface area (Å²) in [5.74, 6) is 0. The van der Waals surface area contributed by atoms with Gasteiger partial charge in [0.25, 0.3) is 0 Å². The lowest BCUT2D eigenvalue weighted by Gasteiger charge is -2.29. The highest BCUT2D eigenvalue weighted by atomic mass is 35.5. The molecule has 7 heteroatoms. The summed E-state index contributed by atoms with van der Waals surface area (Å²) >= 11 is 6.13. The second kappa shape index (κ2) is 7.17. The number of carbonyl (C=O) groups is 1. The molecule has 122 valence electrons. The Labute approximate surface area is 135 Å². The quantitative estimate of drug-likeness (QED) is 0.888. The molecule has 2 rings (SSSR count). The minimum absolute atomic E-state index is 0.260. The first-order valence-corrected chi connectivity index (χ1v) is 7.62. The zero-order chi connectivity index (χ0) is 16.3. The van der Waals surface area contributed by atoms with Crippen molar-refractivity contribution >= 4 is 29.0 Å². The average Bonchev–Trinajstić information content (AvgIpc) is 2.88. The third-order valence-electron chi connectivity index (χ3n) is 3.70. The van der Waals surface area contributed by atoms with E-state index in [0.29, 0.717) is 23.9 Å². The van der Waals surface area contributed by atoms with Crippen LogP contribution in [0.1, 0.15) is 6.92 Å². The molecule has 1 aliphatic heterocycles. The zero-order valence-electron chi connectivity index (χ0n) is 13.0. The molecule has 2 atom stereocenters. The molecule has 0 unspecified atom stereocenters. The molecule has 1 aromatic carbocycles. The molecule has 22 heavy (non-hydrogen) atoms. The number of hydrogen-bond acceptors (Lipinski definition) is 4. The average molecular weight is 328 g/mol. The summed E-state index contributed by atoms with van der Waals surface area (Å²) in [6, 6.07) is 4.74. The number of ether oxygens (including phenoxy) is 1. The van der Waals surface area contributed by atoms with Gasteiger partial charge in [0.2, 0.25) is 0 Å². The summed E-state index contributed by atoms with van der Waals surface area (Å²) in [5, 5.41) is 13.4. The predicted octanol–water partition coefficient (Wildman–Crippen LogP) is 2.02. The number of likely N-dealkylation sites (N-methyl/N-ethyl adjacent to an activating group) is 1. The molecule has 6 nitrogen and oxygen atoms in total. The first-order chi connectivity index (χ1) is 10.4. The highest BCUT2D eigenvalue weighted by molar-refractivity contribution is 6.33. The van der Waals surface area contributed by atoms with Crippen molar-refractivity contribution in [1.82, 2.24) is 4.90 Å². The van der Waals surface area contributed by atoms with Crippen molar-refractivity contribution in [1.29, 1.82) is 0 Å². The van der Waals surface area contributed by atoms with Gasteiger partial charge in [0.1, 0.15) is 0 Å². The van der Waals surface area contributed by atoms with Crippen molar-refractivity contribution in [3.63, 3.8) is 0 Å². The Balaban J connectivity index is 2.12. The fraction of sp³-hybridized carbons (Fsp3) is 0.533. The molecule has 2 N–H and O–H groups in total. The molecule has 1 aliphatic rings.